The molecule has 1 N–H and O–H groups in total. The molecule has 1 aromatic carbocycles. The van der Waals surface area contributed by atoms with Gasteiger partial charge >= 0.3 is 0 Å². The zero-order valence-electron chi connectivity index (χ0n) is 16.5. The van der Waals surface area contributed by atoms with E-state index in [0.29, 0.717) is 11.3 Å². The number of hydrazone groups is 1. The fourth-order valence-electron chi connectivity index (χ4n) is 3.90. The molecule has 1 unspecified atom stereocenters. The molecule has 0 amide bonds. The highest BCUT2D eigenvalue weighted by atomic mass is 79.9. The number of nitrogens with one attached hydrogen (secondary N) is 1. The molecule has 2 heterocycles. The van der Waals surface area contributed by atoms with Crippen molar-refractivity contribution in [3.63, 3.8) is 0 Å². The van der Waals surface area contributed by atoms with Crippen LogP contribution in [0, 0.1) is 11.3 Å². The molecule has 1 aliphatic carbocycles. The summed E-state index contributed by atoms with van der Waals surface area (Å²) in [6.45, 7) is 7.10. The lowest BCUT2D eigenvalue weighted by Gasteiger charge is -2.36. The van der Waals surface area contributed by atoms with Crippen LogP contribution in [0.1, 0.15) is 49.6 Å². The van der Waals surface area contributed by atoms with Crippen molar-refractivity contribution >= 4 is 49.5 Å². The van der Waals surface area contributed by atoms with Gasteiger partial charge in [-0.1, -0.05) is 55.3 Å². The van der Waals surface area contributed by atoms with Gasteiger partial charge in [-0.25, -0.2) is 9.97 Å². The quantitative estimate of drug-likeness (QED) is 0.354. The summed E-state index contributed by atoms with van der Waals surface area (Å²) in [7, 11) is 0. The predicted molar refractivity (Wildman–Crippen MR) is 122 cm³/mol. The van der Waals surface area contributed by atoms with Crippen molar-refractivity contribution in [1.29, 1.82) is 0 Å². The van der Waals surface area contributed by atoms with Crippen LogP contribution in [-0.4, -0.2) is 16.2 Å². The average molecular weight is 457 g/mol. The number of benzene rings is 1. The number of aryl methyl sites for hydroxylation is 1. The smallest absolute Gasteiger partial charge is 0.158 e. The normalized spacial score (nSPS) is 17.2. The third kappa shape index (κ3) is 3.85. The van der Waals surface area contributed by atoms with Gasteiger partial charge in [-0.05, 0) is 53.9 Å². The molecule has 0 fully saturated rings. The highest BCUT2D eigenvalue weighted by molar-refractivity contribution is 9.10. The lowest BCUT2D eigenvalue weighted by atomic mass is 9.69. The van der Waals surface area contributed by atoms with Crippen molar-refractivity contribution in [3.05, 3.63) is 51.1 Å². The summed E-state index contributed by atoms with van der Waals surface area (Å²) in [6, 6.07) is 8.06. The van der Waals surface area contributed by atoms with E-state index < -0.39 is 0 Å². The number of thiophene rings is 1. The zero-order valence-corrected chi connectivity index (χ0v) is 18.9. The van der Waals surface area contributed by atoms with Gasteiger partial charge in [0.2, 0.25) is 0 Å². The minimum atomic E-state index is 0.355. The molecule has 1 atom stereocenters. The van der Waals surface area contributed by atoms with Gasteiger partial charge in [0, 0.05) is 9.35 Å². The molecule has 4 nitrogen and oxygen atoms in total. The van der Waals surface area contributed by atoms with Gasteiger partial charge in [0.25, 0.3) is 0 Å². The van der Waals surface area contributed by atoms with E-state index in [1.54, 1.807) is 6.33 Å². The third-order valence-electron chi connectivity index (χ3n) is 6.09. The molecule has 28 heavy (non-hydrogen) atoms. The van der Waals surface area contributed by atoms with E-state index in [2.05, 4.69) is 57.2 Å². The Labute approximate surface area is 178 Å². The number of rotatable bonds is 5. The van der Waals surface area contributed by atoms with Gasteiger partial charge in [-0.2, -0.15) is 5.10 Å². The lowest BCUT2D eigenvalue weighted by molar-refractivity contribution is 0.184. The zero-order chi connectivity index (χ0) is 19.7. The van der Waals surface area contributed by atoms with Crippen LogP contribution in [0.3, 0.4) is 0 Å². The van der Waals surface area contributed by atoms with Crippen molar-refractivity contribution in [3.8, 4) is 0 Å². The second-order valence-electron chi connectivity index (χ2n) is 8.11. The molecule has 1 aliphatic rings. The maximum Gasteiger partial charge on any atom is 0.158 e. The molecule has 146 valence electrons. The maximum atomic E-state index is 4.54. The minimum Gasteiger partial charge on any atom is -0.261 e. The Kier molecular flexibility index (Phi) is 5.52. The summed E-state index contributed by atoms with van der Waals surface area (Å²) in [5, 5.41) is 5.59. The van der Waals surface area contributed by atoms with Crippen LogP contribution in [0.5, 0.6) is 0 Å². The van der Waals surface area contributed by atoms with Gasteiger partial charge in [-0.3, -0.25) is 5.43 Å². The molecule has 0 aliphatic heterocycles. The van der Waals surface area contributed by atoms with E-state index in [-0.39, 0.29) is 0 Å². The summed E-state index contributed by atoms with van der Waals surface area (Å²) in [6.07, 6.45) is 8.17. The van der Waals surface area contributed by atoms with E-state index in [0.717, 1.165) is 38.9 Å². The number of nitrogens with zero attached hydrogens (tertiary/aromatic N) is 3. The SMILES string of the molecule is CCC(C)(C)C1CCc2sc3ncnc(NN=Cc4cccc(Br)c4)c3c2C1. The van der Waals surface area contributed by atoms with E-state index in [4.69, 9.17) is 0 Å². The van der Waals surface area contributed by atoms with Crippen LogP contribution >= 0.6 is 27.3 Å². The number of anilines is 1. The van der Waals surface area contributed by atoms with Crippen LogP contribution in [0.4, 0.5) is 5.82 Å². The van der Waals surface area contributed by atoms with Gasteiger partial charge < -0.3 is 0 Å². The second-order valence-corrected chi connectivity index (χ2v) is 10.1. The van der Waals surface area contributed by atoms with Crippen LogP contribution in [-0.2, 0) is 12.8 Å². The monoisotopic (exact) mass is 456 g/mol. The number of aromatic nitrogens is 2. The van der Waals surface area contributed by atoms with E-state index in [9.17, 15) is 0 Å². The van der Waals surface area contributed by atoms with Crippen molar-refractivity contribution in [2.75, 3.05) is 5.43 Å². The minimum absolute atomic E-state index is 0.355. The molecule has 2 aromatic heterocycles. The average Bonchev–Trinajstić information content (AvgIpc) is 3.06. The number of halogens is 1. The van der Waals surface area contributed by atoms with Gasteiger partial charge in [0.1, 0.15) is 11.2 Å². The molecular formula is C22H25BrN4S. The number of fused-ring (bicyclic) bond motifs is 3. The standard InChI is InChI=1S/C22H25BrN4S/c1-4-22(2,3)15-8-9-18-17(11-15)19-20(24-13-25-21(19)28-18)27-26-12-14-6-5-7-16(23)10-14/h5-7,10,12-13,15H,4,8-9,11H2,1-3H3,(H,24,25,27). The van der Waals surface area contributed by atoms with E-state index >= 15 is 0 Å². The Morgan fingerprint density at radius 1 is 1.36 bits per heavy atom. The summed E-state index contributed by atoms with van der Waals surface area (Å²) >= 11 is 5.31. The Morgan fingerprint density at radius 2 is 2.21 bits per heavy atom. The fourth-order valence-corrected chi connectivity index (χ4v) is 5.50. The number of hydrogen-bond acceptors (Lipinski definition) is 5. The summed E-state index contributed by atoms with van der Waals surface area (Å²) in [5.74, 6) is 1.50. The molecule has 3 aromatic rings. The third-order valence-corrected chi connectivity index (χ3v) is 7.78. The molecule has 0 bridgehead atoms. The van der Waals surface area contributed by atoms with Crippen molar-refractivity contribution in [2.24, 2.45) is 16.4 Å². The maximum absolute atomic E-state index is 4.54. The first-order valence-electron chi connectivity index (χ1n) is 9.78. The molecule has 4 rings (SSSR count). The molecular weight excluding hydrogens is 432 g/mol. The summed E-state index contributed by atoms with van der Waals surface area (Å²) in [5.41, 5.74) is 5.99. The Hall–Kier alpha value is -1.79. The molecule has 0 saturated carbocycles. The topological polar surface area (TPSA) is 50.2 Å². The second kappa shape index (κ2) is 7.91. The Bertz CT molecular complexity index is 1020. The first-order chi connectivity index (χ1) is 13.5. The van der Waals surface area contributed by atoms with Gasteiger partial charge in [0.15, 0.2) is 5.82 Å². The molecule has 0 saturated heterocycles. The van der Waals surface area contributed by atoms with Crippen LogP contribution < -0.4 is 5.43 Å². The largest absolute Gasteiger partial charge is 0.261 e. The van der Waals surface area contributed by atoms with Gasteiger partial charge in [-0.15, -0.1) is 11.3 Å². The van der Waals surface area contributed by atoms with Crippen LogP contribution in [0.15, 0.2) is 40.2 Å². The number of hydrogen-bond donors (Lipinski definition) is 1. The molecule has 0 radical (unpaired) electrons. The lowest BCUT2D eigenvalue weighted by Crippen LogP contribution is -2.28. The van der Waals surface area contributed by atoms with E-state index in [1.165, 1.54) is 23.3 Å². The Balaban J connectivity index is 1.64. The first kappa shape index (κ1) is 19.5. The summed E-state index contributed by atoms with van der Waals surface area (Å²) in [4.78, 5) is 11.6. The predicted octanol–water partition coefficient (Wildman–Crippen LogP) is 6.44. The fraction of sp³-hybridized carbons (Fsp3) is 0.409. The molecule has 6 heteroatoms. The van der Waals surface area contributed by atoms with Crippen LogP contribution in [0.25, 0.3) is 10.2 Å². The molecule has 0 spiro atoms. The first-order valence-corrected chi connectivity index (χ1v) is 11.4. The van der Waals surface area contributed by atoms with Crippen molar-refractivity contribution in [2.45, 2.75) is 46.5 Å². The summed E-state index contributed by atoms with van der Waals surface area (Å²) < 4.78 is 1.04. The Morgan fingerprint density at radius 3 is 3.00 bits per heavy atom. The highest BCUT2D eigenvalue weighted by Crippen LogP contribution is 2.45. The highest BCUT2D eigenvalue weighted by Gasteiger charge is 2.33. The van der Waals surface area contributed by atoms with Gasteiger partial charge in [0.05, 0.1) is 11.6 Å². The van der Waals surface area contributed by atoms with E-state index in [1.807, 2.05) is 41.8 Å². The van der Waals surface area contributed by atoms with Crippen molar-refractivity contribution in [1.82, 2.24) is 9.97 Å². The van der Waals surface area contributed by atoms with Crippen molar-refractivity contribution < 1.29 is 0 Å². The van der Waals surface area contributed by atoms with Crippen LogP contribution in [0.2, 0.25) is 0 Å².